The summed E-state index contributed by atoms with van der Waals surface area (Å²) in [7, 11) is 3.14. The number of H-pyrrole nitrogens is 1. The fraction of sp³-hybridized carbons (Fsp3) is 0.105. The molecule has 0 radical (unpaired) electrons. The number of rotatable bonds is 7. The molecule has 2 heterocycles. The van der Waals surface area contributed by atoms with Crippen LogP contribution in [0.5, 0.6) is 11.5 Å². The maximum atomic E-state index is 12.2. The lowest BCUT2D eigenvalue weighted by Crippen LogP contribution is -2.17. The van der Waals surface area contributed by atoms with E-state index in [4.69, 9.17) is 13.9 Å². The van der Waals surface area contributed by atoms with Crippen molar-refractivity contribution in [2.45, 2.75) is 0 Å². The number of carbonyl (C=O) groups excluding carboxylic acids is 1. The molecule has 1 aromatic carbocycles. The summed E-state index contributed by atoms with van der Waals surface area (Å²) in [6.45, 7) is 0. The van der Waals surface area contributed by atoms with Crippen molar-refractivity contribution in [1.82, 2.24) is 15.6 Å². The van der Waals surface area contributed by atoms with Gasteiger partial charge in [-0.25, -0.2) is 5.43 Å². The summed E-state index contributed by atoms with van der Waals surface area (Å²) in [6, 6.07) is 10.6. The number of nitrogens with zero attached hydrogens (tertiary/aromatic N) is 2. The smallest absolute Gasteiger partial charge is 0.289 e. The summed E-state index contributed by atoms with van der Waals surface area (Å²) in [5.41, 5.74) is 3.94. The van der Waals surface area contributed by atoms with Crippen molar-refractivity contribution in [2.24, 2.45) is 5.10 Å². The van der Waals surface area contributed by atoms with Gasteiger partial charge in [-0.05, 0) is 48.6 Å². The Morgan fingerprint density at radius 3 is 2.89 bits per heavy atom. The van der Waals surface area contributed by atoms with Crippen LogP contribution in [-0.4, -0.2) is 36.5 Å². The number of benzene rings is 1. The fourth-order valence-electron chi connectivity index (χ4n) is 2.31. The quantitative estimate of drug-likeness (QED) is 0.494. The van der Waals surface area contributed by atoms with Crippen LogP contribution < -0.4 is 14.9 Å². The highest BCUT2D eigenvalue weighted by Crippen LogP contribution is 2.32. The molecule has 0 atom stereocenters. The molecule has 0 spiro atoms. The molecule has 0 aliphatic heterocycles. The lowest BCUT2D eigenvalue weighted by Gasteiger charge is -2.08. The lowest BCUT2D eigenvalue weighted by atomic mass is 10.1. The van der Waals surface area contributed by atoms with Crippen molar-refractivity contribution in [2.75, 3.05) is 14.2 Å². The zero-order valence-electron chi connectivity index (χ0n) is 14.8. The third kappa shape index (κ3) is 4.43. The van der Waals surface area contributed by atoms with Crippen LogP contribution in [0.2, 0.25) is 0 Å². The fourth-order valence-corrected chi connectivity index (χ4v) is 2.31. The average molecular weight is 366 g/mol. The zero-order valence-corrected chi connectivity index (χ0v) is 14.8. The SMILES string of the molecule is COc1ccc(OC)c(-c2cc(C(=O)NN=CC=Cc3ccco3)[nH]n2)c1. The minimum atomic E-state index is -0.418. The molecule has 3 aromatic rings. The van der Waals surface area contributed by atoms with E-state index in [1.54, 1.807) is 63.0 Å². The summed E-state index contributed by atoms with van der Waals surface area (Å²) < 4.78 is 15.7. The summed E-state index contributed by atoms with van der Waals surface area (Å²) in [5, 5.41) is 10.7. The molecule has 2 N–H and O–H groups in total. The number of carbonyl (C=O) groups is 1. The number of hydrazone groups is 1. The molecule has 0 aliphatic rings. The molecule has 0 fully saturated rings. The van der Waals surface area contributed by atoms with Crippen LogP contribution in [-0.2, 0) is 0 Å². The van der Waals surface area contributed by atoms with Crippen molar-refractivity contribution in [1.29, 1.82) is 0 Å². The Morgan fingerprint density at radius 1 is 1.26 bits per heavy atom. The van der Waals surface area contributed by atoms with Crippen LogP contribution in [0.25, 0.3) is 17.3 Å². The molecule has 1 amide bonds. The number of ether oxygens (including phenoxy) is 2. The largest absolute Gasteiger partial charge is 0.497 e. The number of hydrogen-bond donors (Lipinski definition) is 2. The van der Waals surface area contributed by atoms with Crippen molar-refractivity contribution in [3.05, 3.63) is 60.2 Å². The Hall–Kier alpha value is -3.81. The first-order valence-corrected chi connectivity index (χ1v) is 8.02. The van der Waals surface area contributed by atoms with E-state index < -0.39 is 5.91 Å². The second kappa shape index (κ2) is 8.52. The Morgan fingerprint density at radius 2 is 2.15 bits per heavy atom. The molecular weight excluding hydrogens is 348 g/mol. The van der Waals surface area contributed by atoms with E-state index >= 15 is 0 Å². The zero-order chi connectivity index (χ0) is 19.1. The van der Waals surface area contributed by atoms with Gasteiger partial charge in [-0.1, -0.05) is 0 Å². The first-order chi connectivity index (χ1) is 13.2. The number of aromatic nitrogens is 2. The van der Waals surface area contributed by atoms with E-state index in [0.29, 0.717) is 28.5 Å². The number of hydrogen-bond acceptors (Lipinski definition) is 6. The van der Waals surface area contributed by atoms with Crippen LogP contribution in [0.15, 0.2) is 58.3 Å². The topological polar surface area (TPSA) is 102 Å². The molecular formula is C19H18N4O4. The van der Waals surface area contributed by atoms with Gasteiger partial charge in [0.25, 0.3) is 5.91 Å². The van der Waals surface area contributed by atoms with Crippen LogP contribution in [0.3, 0.4) is 0 Å². The molecule has 8 heteroatoms. The van der Waals surface area contributed by atoms with Crippen LogP contribution in [0.1, 0.15) is 16.2 Å². The van der Waals surface area contributed by atoms with Gasteiger partial charge in [-0.3, -0.25) is 9.89 Å². The maximum absolute atomic E-state index is 12.2. The normalized spacial score (nSPS) is 11.2. The van der Waals surface area contributed by atoms with Gasteiger partial charge in [-0.15, -0.1) is 0 Å². The van der Waals surface area contributed by atoms with Crippen molar-refractivity contribution < 1.29 is 18.7 Å². The Labute approximate surface area is 155 Å². The Kier molecular flexibility index (Phi) is 5.68. The lowest BCUT2D eigenvalue weighted by molar-refractivity contribution is 0.0950. The second-order valence-electron chi connectivity index (χ2n) is 5.33. The van der Waals surface area contributed by atoms with E-state index in [9.17, 15) is 4.79 Å². The highest BCUT2D eigenvalue weighted by molar-refractivity contribution is 5.94. The van der Waals surface area contributed by atoms with Gasteiger partial charge in [0, 0.05) is 11.8 Å². The summed E-state index contributed by atoms with van der Waals surface area (Å²) in [5.74, 6) is 1.56. The first-order valence-electron chi connectivity index (χ1n) is 8.02. The van der Waals surface area contributed by atoms with Gasteiger partial charge < -0.3 is 13.9 Å². The van der Waals surface area contributed by atoms with E-state index in [2.05, 4.69) is 20.7 Å². The van der Waals surface area contributed by atoms with E-state index in [-0.39, 0.29) is 5.69 Å². The standard InChI is InChI=1S/C19H18N4O4/c1-25-14-7-8-18(26-2)15(11-14)16-12-17(22-21-16)19(24)23-20-9-3-5-13-6-4-10-27-13/h3-12H,1-2H3,(H,21,22)(H,23,24). The van der Waals surface area contributed by atoms with Gasteiger partial charge in [0.1, 0.15) is 23.0 Å². The summed E-state index contributed by atoms with van der Waals surface area (Å²) in [4.78, 5) is 12.2. The predicted molar refractivity (Wildman–Crippen MR) is 101 cm³/mol. The van der Waals surface area contributed by atoms with Crippen LogP contribution >= 0.6 is 0 Å². The van der Waals surface area contributed by atoms with Crippen molar-refractivity contribution in [3.63, 3.8) is 0 Å². The monoisotopic (exact) mass is 366 g/mol. The van der Waals surface area contributed by atoms with E-state index in [1.807, 2.05) is 6.07 Å². The molecule has 0 saturated heterocycles. The minimum absolute atomic E-state index is 0.266. The number of amides is 1. The highest BCUT2D eigenvalue weighted by Gasteiger charge is 2.14. The molecule has 0 aliphatic carbocycles. The van der Waals surface area contributed by atoms with Crippen LogP contribution in [0, 0.1) is 0 Å². The number of nitrogens with one attached hydrogen (secondary N) is 2. The number of allylic oxidation sites excluding steroid dienone is 1. The van der Waals surface area contributed by atoms with Gasteiger partial charge in [0.05, 0.1) is 26.2 Å². The van der Waals surface area contributed by atoms with Crippen molar-refractivity contribution in [3.8, 4) is 22.8 Å². The Balaban J connectivity index is 1.67. The van der Waals surface area contributed by atoms with Gasteiger partial charge in [0.15, 0.2) is 0 Å². The number of aromatic amines is 1. The molecule has 0 unspecified atom stereocenters. The summed E-state index contributed by atoms with van der Waals surface area (Å²) >= 11 is 0. The number of furan rings is 1. The predicted octanol–water partition coefficient (Wildman–Crippen LogP) is 3.12. The van der Waals surface area contributed by atoms with E-state index in [0.717, 1.165) is 0 Å². The molecule has 27 heavy (non-hydrogen) atoms. The molecule has 138 valence electrons. The third-order valence-corrected chi connectivity index (χ3v) is 3.64. The maximum Gasteiger partial charge on any atom is 0.289 e. The molecule has 8 nitrogen and oxygen atoms in total. The van der Waals surface area contributed by atoms with Gasteiger partial charge in [-0.2, -0.15) is 10.2 Å². The molecule has 0 saturated carbocycles. The average Bonchev–Trinajstić information content (AvgIpc) is 3.39. The van der Waals surface area contributed by atoms with E-state index in [1.165, 1.54) is 6.21 Å². The summed E-state index contributed by atoms with van der Waals surface area (Å²) in [6.07, 6.45) is 6.39. The highest BCUT2D eigenvalue weighted by atomic mass is 16.5. The number of methoxy groups -OCH3 is 2. The third-order valence-electron chi connectivity index (χ3n) is 3.64. The first kappa shape index (κ1) is 18.0. The van der Waals surface area contributed by atoms with Gasteiger partial charge in [0.2, 0.25) is 0 Å². The Bertz CT molecular complexity index is 958. The molecule has 0 bridgehead atoms. The van der Waals surface area contributed by atoms with Gasteiger partial charge >= 0.3 is 0 Å². The van der Waals surface area contributed by atoms with Crippen molar-refractivity contribution >= 4 is 18.2 Å². The molecule has 2 aromatic heterocycles. The van der Waals surface area contributed by atoms with Crippen LogP contribution in [0.4, 0.5) is 0 Å². The minimum Gasteiger partial charge on any atom is -0.497 e. The second-order valence-corrected chi connectivity index (χ2v) is 5.33. The molecule has 3 rings (SSSR count).